The van der Waals surface area contributed by atoms with Gasteiger partial charge in [0.2, 0.25) is 5.95 Å². The molecule has 2 heterocycles. The van der Waals surface area contributed by atoms with Crippen molar-refractivity contribution in [2.75, 3.05) is 6.61 Å². The second-order valence-electron chi connectivity index (χ2n) is 5.37. The van der Waals surface area contributed by atoms with Crippen LogP contribution in [0.4, 0.5) is 0 Å². The molecule has 0 bridgehead atoms. The number of unbranched alkanes of at least 4 members (excludes halogenated alkanes) is 1. The van der Waals surface area contributed by atoms with Crippen LogP contribution < -0.4 is 0 Å². The first kappa shape index (κ1) is 15.9. The quantitative estimate of drug-likeness (QED) is 0.394. The molecule has 0 atom stereocenters. The lowest BCUT2D eigenvalue weighted by Gasteiger charge is -2.06. The van der Waals surface area contributed by atoms with Gasteiger partial charge < -0.3 is 4.74 Å². The fraction of sp³-hybridized carbons (Fsp3) is 0.211. The number of benzene rings is 1. The first-order valence-corrected chi connectivity index (χ1v) is 8.02. The summed E-state index contributed by atoms with van der Waals surface area (Å²) in [4.78, 5) is 20.4. The summed E-state index contributed by atoms with van der Waals surface area (Å²) in [6.07, 6.45) is 8.45. The zero-order chi connectivity index (χ0) is 16.8. The minimum atomic E-state index is -0.339. The van der Waals surface area contributed by atoms with Gasteiger partial charge in [-0.1, -0.05) is 31.5 Å². The highest BCUT2D eigenvalue weighted by molar-refractivity contribution is 5.90. The number of fused-ring (bicyclic) bond motifs is 1. The maximum absolute atomic E-state index is 11.8. The van der Waals surface area contributed by atoms with Crippen LogP contribution in [0.5, 0.6) is 0 Å². The van der Waals surface area contributed by atoms with E-state index in [2.05, 4.69) is 16.9 Å². The second kappa shape index (κ2) is 7.55. The molecule has 0 radical (unpaired) electrons. The van der Waals surface area contributed by atoms with Gasteiger partial charge in [-0.2, -0.15) is 0 Å². The maximum Gasteiger partial charge on any atom is 0.330 e. The monoisotopic (exact) mass is 321 g/mol. The van der Waals surface area contributed by atoms with Crippen molar-refractivity contribution < 1.29 is 9.53 Å². The Morgan fingerprint density at radius 3 is 2.79 bits per heavy atom. The summed E-state index contributed by atoms with van der Waals surface area (Å²) < 4.78 is 7.08. The van der Waals surface area contributed by atoms with Crippen LogP contribution in [0.1, 0.15) is 25.5 Å². The van der Waals surface area contributed by atoms with Gasteiger partial charge in [0.15, 0.2) is 0 Å². The molecule has 3 rings (SSSR count). The van der Waals surface area contributed by atoms with Gasteiger partial charge >= 0.3 is 5.97 Å². The van der Waals surface area contributed by atoms with Crippen molar-refractivity contribution in [3.63, 3.8) is 0 Å². The third-order valence-electron chi connectivity index (χ3n) is 3.62. The Labute approximate surface area is 140 Å². The standard InChI is InChI=1S/C19H19N3O2/c1-2-3-13-24-18(23)10-9-16-14-15-7-4-5-8-17(15)22(16)19-20-11-6-12-21-19/h4-12,14H,2-3,13H2,1H3/b10-9+. The van der Waals surface area contributed by atoms with Crippen molar-refractivity contribution in [3.05, 3.63) is 60.6 Å². The highest BCUT2D eigenvalue weighted by Crippen LogP contribution is 2.23. The minimum Gasteiger partial charge on any atom is -0.463 e. The number of carbonyl (C=O) groups is 1. The van der Waals surface area contributed by atoms with Crippen LogP contribution in [-0.4, -0.2) is 27.1 Å². The van der Waals surface area contributed by atoms with Gasteiger partial charge in [-0.15, -0.1) is 0 Å². The molecule has 0 N–H and O–H groups in total. The molecule has 0 aliphatic rings. The molecule has 0 fully saturated rings. The van der Waals surface area contributed by atoms with Crippen LogP contribution in [0.25, 0.3) is 22.9 Å². The molecule has 1 aromatic carbocycles. The van der Waals surface area contributed by atoms with E-state index in [4.69, 9.17) is 4.74 Å². The van der Waals surface area contributed by atoms with Gasteiger partial charge in [0.1, 0.15) is 0 Å². The molecular formula is C19H19N3O2. The smallest absolute Gasteiger partial charge is 0.330 e. The number of rotatable bonds is 6. The SMILES string of the molecule is CCCCOC(=O)/C=C/c1cc2ccccc2n1-c1ncccn1. The van der Waals surface area contributed by atoms with Crippen LogP contribution in [0.15, 0.2) is 54.9 Å². The molecule has 24 heavy (non-hydrogen) atoms. The molecule has 0 spiro atoms. The van der Waals surface area contributed by atoms with E-state index in [1.165, 1.54) is 6.08 Å². The lowest BCUT2D eigenvalue weighted by atomic mass is 10.2. The molecule has 5 heteroatoms. The molecule has 122 valence electrons. The molecular weight excluding hydrogens is 302 g/mol. The zero-order valence-corrected chi connectivity index (χ0v) is 13.6. The number of aromatic nitrogens is 3. The van der Waals surface area contributed by atoms with Gasteiger partial charge in [0.05, 0.1) is 17.8 Å². The van der Waals surface area contributed by atoms with Crippen molar-refractivity contribution in [3.8, 4) is 5.95 Å². The summed E-state index contributed by atoms with van der Waals surface area (Å²) in [5.41, 5.74) is 1.82. The van der Waals surface area contributed by atoms with E-state index in [0.717, 1.165) is 29.4 Å². The molecule has 0 unspecified atom stereocenters. The molecule has 0 aliphatic heterocycles. The number of ether oxygens (including phenoxy) is 1. The molecule has 5 nitrogen and oxygen atoms in total. The fourth-order valence-electron chi connectivity index (χ4n) is 2.45. The first-order valence-electron chi connectivity index (χ1n) is 8.02. The summed E-state index contributed by atoms with van der Waals surface area (Å²) in [5.74, 6) is 0.229. The summed E-state index contributed by atoms with van der Waals surface area (Å²) in [6.45, 7) is 2.51. The van der Waals surface area contributed by atoms with E-state index in [-0.39, 0.29) is 5.97 Å². The normalized spacial score (nSPS) is 11.2. The van der Waals surface area contributed by atoms with E-state index in [1.807, 2.05) is 34.9 Å². The largest absolute Gasteiger partial charge is 0.463 e. The van der Waals surface area contributed by atoms with Crippen LogP contribution in [0.2, 0.25) is 0 Å². The second-order valence-corrected chi connectivity index (χ2v) is 5.37. The van der Waals surface area contributed by atoms with Crippen LogP contribution >= 0.6 is 0 Å². The Morgan fingerprint density at radius 2 is 2.00 bits per heavy atom. The van der Waals surface area contributed by atoms with Crippen LogP contribution in [0, 0.1) is 0 Å². The molecule has 2 aromatic heterocycles. The Bertz CT molecular complexity index is 853. The van der Waals surface area contributed by atoms with E-state index in [9.17, 15) is 4.79 Å². The van der Waals surface area contributed by atoms with E-state index >= 15 is 0 Å². The average Bonchev–Trinajstić information content (AvgIpc) is 2.99. The predicted octanol–water partition coefficient (Wildman–Crippen LogP) is 3.78. The van der Waals surface area contributed by atoms with Gasteiger partial charge in [0, 0.05) is 23.9 Å². The summed E-state index contributed by atoms with van der Waals surface area (Å²) in [6, 6.07) is 11.7. The number of para-hydroxylation sites is 1. The zero-order valence-electron chi connectivity index (χ0n) is 13.6. The van der Waals surface area contributed by atoms with E-state index < -0.39 is 0 Å². The topological polar surface area (TPSA) is 57.0 Å². The average molecular weight is 321 g/mol. The molecule has 0 saturated carbocycles. The van der Waals surface area contributed by atoms with Crippen molar-refractivity contribution in [1.29, 1.82) is 0 Å². The molecule has 3 aromatic rings. The number of nitrogens with zero attached hydrogens (tertiary/aromatic N) is 3. The Morgan fingerprint density at radius 1 is 1.21 bits per heavy atom. The Balaban J connectivity index is 1.94. The maximum atomic E-state index is 11.8. The van der Waals surface area contributed by atoms with Gasteiger partial charge in [-0.05, 0) is 30.7 Å². The summed E-state index contributed by atoms with van der Waals surface area (Å²) >= 11 is 0. The van der Waals surface area contributed by atoms with E-state index in [1.54, 1.807) is 24.5 Å². The summed E-state index contributed by atoms with van der Waals surface area (Å²) in [5, 5.41) is 1.06. The third kappa shape index (κ3) is 3.51. The van der Waals surface area contributed by atoms with Crippen molar-refractivity contribution in [2.24, 2.45) is 0 Å². The van der Waals surface area contributed by atoms with Crippen molar-refractivity contribution in [1.82, 2.24) is 14.5 Å². The van der Waals surface area contributed by atoms with E-state index in [0.29, 0.717) is 12.6 Å². The Kier molecular flexibility index (Phi) is 5.01. The third-order valence-corrected chi connectivity index (χ3v) is 3.62. The molecule has 0 saturated heterocycles. The highest BCUT2D eigenvalue weighted by Gasteiger charge is 2.10. The highest BCUT2D eigenvalue weighted by atomic mass is 16.5. The van der Waals surface area contributed by atoms with Crippen molar-refractivity contribution >= 4 is 22.9 Å². The summed E-state index contributed by atoms with van der Waals surface area (Å²) in [7, 11) is 0. The van der Waals surface area contributed by atoms with Gasteiger partial charge in [-0.3, -0.25) is 4.57 Å². The van der Waals surface area contributed by atoms with Crippen LogP contribution in [0.3, 0.4) is 0 Å². The van der Waals surface area contributed by atoms with Crippen LogP contribution in [-0.2, 0) is 9.53 Å². The molecule has 0 amide bonds. The Hall–Kier alpha value is -2.95. The predicted molar refractivity (Wildman–Crippen MR) is 93.8 cm³/mol. The number of hydrogen-bond acceptors (Lipinski definition) is 4. The van der Waals surface area contributed by atoms with Gasteiger partial charge in [-0.25, -0.2) is 14.8 Å². The fourth-order valence-corrected chi connectivity index (χ4v) is 2.45. The number of carbonyl (C=O) groups excluding carboxylic acids is 1. The first-order chi connectivity index (χ1) is 11.8. The lowest BCUT2D eigenvalue weighted by molar-refractivity contribution is -0.137. The molecule has 0 aliphatic carbocycles. The number of hydrogen-bond donors (Lipinski definition) is 0. The number of esters is 1. The minimum absolute atomic E-state index is 0.339. The van der Waals surface area contributed by atoms with Crippen molar-refractivity contribution in [2.45, 2.75) is 19.8 Å². The van der Waals surface area contributed by atoms with Gasteiger partial charge in [0.25, 0.3) is 0 Å². The lowest BCUT2D eigenvalue weighted by Crippen LogP contribution is -2.03.